The molecule has 16 heavy (non-hydrogen) atoms. The quantitative estimate of drug-likeness (QED) is 0.691. The minimum absolute atomic E-state index is 0.0581. The van der Waals surface area contributed by atoms with Crippen molar-refractivity contribution in [3.05, 3.63) is 0 Å². The van der Waals surface area contributed by atoms with E-state index in [1.807, 2.05) is 17.9 Å². The predicted octanol–water partition coefficient (Wildman–Crippen LogP) is 0.252. The minimum Gasteiger partial charge on any atom is -0.342 e. The average Bonchev–Trinajstić information content (AvgIpc) is 2.30. The molecule has 1 N–H and O–H groups in total. The molecule has 0 aliphatic carbocycles. The van der Waals surface area contributed by atoms with Crippen molar-refractivity contribution in [1.82, 2.24) is 10.2 Å². The van der Waals surface area contributed by atoms with Gasteiger partial charge in [0.05, 0.1) is 24.1 Å². The normalized spacial score (nSPS) is 19.4. The van der Waals surface area contributed by atoms with Crippen molar-refractivity contribution in [3.8, 4) is 12.1 Å². The van der Waals surface area contributed by atoms with Gasteiger partial charge in [-0.2, -0.15) is 10.5 Å². The highest BCUT2D eigenvalue weighted by atomic mass is 16.2. The summed E-state index contributed by atoms with van der Waals surface area (Å²) in [4.78, 5) is 13.4. The highest BCUT2D eigenvalue weighted by Crippen LogP contribution is 2.29. The Kier molecular flexibility index (Phi) is 4.28. The van der Waals surface area contributed by atoms with E-state index in [4.69, 9.17) is 10.5 Å². The third-order valence-electron chi connectivity index (χ3n) is 2.96. The number of nitrogens with one attached hydrogen (secondary N) is 1. The SMILES string of the molecule is CC1(C#N)CCN(CC(=O)NCC#N)CC1. The van der Waals surface area contributed by atoms with Crippen molar-refractivity contribution >= 4 is 5.91 Å². The third-order valence-corrected chi connectivity index (χ3v) is 2.96. The summed E-state index contributed by atoms with van der Waals surface area (Å²) in [6, 6.07) is 4.18. The molecule has 5 heteroatoms. The van der Waals surface area contributed by atoms with Crippen molar-refractivity contribution in [2.75, 3.05) is 26.2 Å². The van der Waals surface area contributed by atoms with Gasteiger partial charge in [0.2, 0.25) is 5.91 Å². The van der Waals surface area contributed by atoms with Crippen LogP contribution < -0.4 is 5.32 Å². The van der Waals surface area contributed by atoms with Crippen molar-refractivity contribution in [2.45, 2.75) is 19.8 Å². The van der Waals surface area contributed by atoms with Gasteiger partial charge >= 0.3 is 0 Å². The smallest absolute Gasteiger partial charge is 0.235 e. The maximum Gasteiger partial charge on any atom is 0.235 e. The minimum atomic E-state index is -0.236. The van der Waals surface area contributed by atoms with Gasteiger partial charge in [0.1, 0.15) is 6.54 Å². The Morgan fingerprint density at radius 3 is 2.56 bits per heavy atom. The van der Waals surface area contributed by atoms with Crippen molar-refractivity contribution in [1.29, 1.82) is 10.5 Å². The van der Waals surface area contributed by atoms with Gasteiger partial charge in [0.25, 0.3) is 0 Å². The highest BCUT2D eigenvalue weighted by molar-refractivity contribution is 5.78. The van der Waals surface area contributed by atoms with Gasteiger partial charge in [-0.25, -0.2) is 0 Å². The Morgan fingerprint density at radius 2 is 2.06 bits per heavy atom. The molecule has 5 nitrogen and oxygen atoms in total. The lowest BCUT2D eigenvalue weighted by Gasteiger charge is -2.34. The van der Waals surface area contributed by atoms with E-state index in [1.165, 1.54) is 0 Å². The number of nitriles is 2. The molecule has 1 fully saturated rings. The first-order chi connectivity index (χ1) is 7.59. The van der Waals surface area contributed by atoms with E-state index in [-0.39, 0.29) is 17.9 Å². The van der Waals surface area contributed by atoms with Crippen LogP contribution in [-0.4, -0.2) is 37.0 Å². The van der Waals surface area contributed by atoms with Crippen LogP contribution in [0, 0.1) is 28.1 Å². The summed E-state index contributed by atoms with van der Waals surface area (Å²) in [5.41, 5.74) is -0.236. The van der Waals surface area contributed by atoms with Gasteiger partial charge in [0, 0.05) is 13.1 Å². The molecule has 0 unspecified atom stereocenters. The molecule has 1 rings (SSSR count). The highest BCUT2D eigenvalue weighted by Gasteiger charge is 2.30. The fourth-order valence-electron chi connectivity index (χ4n) is 1.71. The summed E-state index contributed by atoms with van der Waals surface area (Å²) in [7, 11) is 0. The molecule has 1 aliphatic rings. The molecule has 0 aromatic heterocycles. The fraction of sp³-hybridized carbons (Fsp3) is 0.727. The zero-order valence-corrected chi connectivity index (χ0v) is 9.49. The molecule has 86 valence electrons. The van der Waals surface area contributed by atoms with E-state index in [1.54, 1.807) is 0 Å². The maximum atomic E-state index is 11.3. The number of carbonyl (C=O) groups excluding carboxylic acids is 1. The molecule has 0 aromatic rings. The fourth-order valence-corrected chi connectivity index (χ4v) is 1.71. The summed E-state index contributed by atoms with van der Waals surface area (Å²) in [5, 5.41) is 19.8. The van der Waals surface area contributed by atoms with E-state index < -0.39 is 0 Å². The molecular formula is C11H16N4O. The van der Waals surface area contributed by atoms with Crippen LogP contribution in [0.5, 0.6) is 0 Å². The van der Waals surface area contributed by atoms with Gasteiger partial charge in [-0.3, -0.25) is 9.69 Å². The van der Waals surface area contributed by atoms with Gasteiger partial charge in [-0.15, -0.1) is 0 Å². The summed E-state index contributed by atoms with van der Waals surface area (Å²) >= 11 is 0. The molecule has 1 saturated heterocycles. The molecule has 1 aliphatic heterocycles. The van der Waals surface area contributed by atoms with Crippen LogP contribution in [0.4, 0.5) is 0 Å². The van der Waals surface area contributed by atoms with E-state index in [9.17, 15) is 4.79 Å². The second-order valence-corrected chi connectivity index (χ2v) is 4.38. The maximum absolute atomic E-state index is 11.3. The summed E-state index contributed by atoms with van der Waals surface area (Å²) in [6.45, 7) is 3.87. The molecule has 0 aromatic carbocycles. The van der Waals surface area contributed by atoms with Crippen LogP contribution in [0.2, 0.25) is 0 Å². The number of amides is 1. The first-order valence-corrected chi connectivity index (χ1v) is 5.37. The Morgan fingerprint density at radius 1 is 1.44 bits per heavy atom. The Labute approximate surface area is 95.6 Å². The molecule has 0 spiro atoms. The molecule has 0 saturated carbocycles. The Hall–Kier alpha value is -1.59. The first-order valence-electron chi connectivity index (χ1n) is 5.37. The monoisotopic (exact) mass is 220 g/mol. The first kappa shape index (κ1) is 12.5. The average molecular weight is 220 g/mol. The Bertz CT molecular complexity index is 331. The van der Waals surface area contributed by atoms with E-state index in [0.29, 0.717) is 6.54 Å². The number of likely N-dealkylation sites (tertiary alicyclic amines) is 1. The summed E-state index contributed by atoms with van der Waals surface area (Å²) in [6.07, 6.45) is 1.60. The predicted molar refractivity (Wildman–Crippen MR) is 58.0 cm³/mol. The van der Waals surface area contributed by atoms with E-state index in [0.717, 1.165) is 25.9 Å². The van der Waals surface area contributed by atoms with Crippen molar-refractivity contribution in [3.63, 3.8) is 0 Å². The molecule has 0 atom stereocenters. The van der Waals surface area contributed by atoms with Gasteiger partial charge < -0.3 is 5.32 Å². The number of hydrogen-bond acceptors (Lipinski definition) is 4. The number of rotatable bonds is 3. The number of piperidine rings is 1. The van der Waals surface area contributed by atoms with Crippen LogP contribution in [0.1, 0.15) is 19.8 Å². The lowest BCUT2D eigenvalue weighted by molar-refractivity contribution is -0.122. The van der Waals surface area contributed by atoms with Crippen LogP contribution in [0.25, 0.3) is 0 Å². The molecule has 0 radical (unpaired) electrons. The lowest BCUT2D eigenvalue weighted by atomic mass is 9.82. The van der Waals surface area contributed by atoms with Crippen molar-refractivity contribution < 1.29 is 4.79 Å². The summed E-state index contributed by atoms with van der Waals surface area (Å²) in [5.74, 6) is -0.123. The standard InChI is InChI=1S/C11H16N4O/c1-11(9-13)2-6-15(7-3-11)8-10(16)14-5-4-12/h2-3,5-8H2,1H3,(H,14,16). The number of hydrogen-bond donors (Lipinski definition) is 1. The zero-order valence-electron chi connectivity index (χ0n) is 9.49. The van der Waals surface area contributed by atoms with Gasteiger partial charge in [-0.05, 0) is 19.8 Å². The number of carbonyl (C=O) groups is 1. The van der Waals surface area contributed by atoms with Gasteiger partial charge in [0.15, 0.2) is 0 Å². The molecule has 0 bridgehead atoms. The third kappa shape index (κ3) is 3.52. The molecule has 1 amide bonds. The second kappa shape index (κ2) is 5.48. The second-order valence-electron chi connectivity index (χ2n) is 4.38. The largest absolute Gasteiger partial charge is 0.342 e. The zero-order chi connectivity index (χ0) is 12.0. The van der Waals surface area contributed by atoms with E-state index in [2.05, 4.69) is 11.4 Å². The van der Waals surface area contributed by atoms with Crippen LogP contribution in [0.15, 0.2) is 0 Å². The van der Waals surface area contributed by atoms with Crippen LogP contribution in [-0.2, 0) is 4.79 Å². The topological polar surface area (TPSA) is 79.9 Å². The Balaban J connectivity index is 2.31. The molecular weight excluding hydrogens is 204 g/mol. The van der Waals surface area contributed by atoms with Crippen molar-refractivity contribution in [2.24, 2.45) is 5.41 Å². The number of nitrogens with zero attached hydrogens (tertiary/aromatic N) is 3. The molecule has 1 heterocycles. The van der Waals surface area contributed by atoms with E-state index >= 15 is 0 Å². The van der Waals surface area contributed by atoms with Gasteiger partial charge in [-0.1, -0.05) is 0 Å². The van der Waals surface area contributed by atoms with Crippen LogP contribution in [0.3, 0.4) is 0 Å². The lowest BCUT2D eigenvalue weighted by Crippen LogP contribution is -2.43. The van der Waals surface area contributed by atoms with Crippen LogP contribution >= 0.6 is 0 Å². The summed E-state index contributed by atoms with van der Waals surface area (Å²) < 4.78 is 0.